The predicted octanol–water partition coefficient (Wildman–Crippen LogP) is 2.47. The molecule has 0 N–H and O–H groups in total. The molecule has 0 unspecified atom stereocenters. The molecule has 5 nitrogen and oxygen atoms in total. The van der Waals surface area contributed by atoms with Crippen LogP contribution in [0.4, 0.5) is 0 Å². The predicted molar refractivity (Wildman–Crippen MR) is 95.0 cm³/mol. The van der Waals surface area contributed by atoms with E-state index in [1.54, 1.807) is 4.90 Å². The number of nitrogens with zero attached hydrogens (tertiary/aromatic N) is 1. The van der Waals surface area contributed by atoms with Crippen molar-refractivity contribution in [3.63, 3.8) is 0 Å². The molecular weight excluding hydrogens is 326 g/mol. The summed E-state index contributed by atoms with van der Waals surface area (Å²) < 4.78 is 29.7. The fourth-order valence-corrected chi connectivity index (χ4v) is 4.67. The Bertz CT molecular complexity index is 659. The van der Waals surface area contributed by atoms with Gasteiger partial charge in [-0.3, -0.25) is 4.79 Å². The summed E-state index contributed by atoms with van der Waals surface area (Å²) in [7, 11) is -3.10. The molecule has 1 aliphatic heterocycles. The highest BCUT2D eigenvalue weighted by Crippen LogP contribution is 2.21. The SMILES string of the molecule is CC(C)CS(=O)(=O)C1CN(C(=O)COc2ccc(C(C)C)cc2)C1. The monoisotopic (exact) mass is 353 g/mol. The molecule has 0 spiro atoms. The summed E-state index contributed by atoms with van der Waals surface area (Å²) in [5, 5.41) is -0.422. The van der Waals surface area contributed by atoms with Crippen LogP contribution < -0.4 is 4.74 Å². The van der Waals surface area contributed by atoms with Gasteiger partial charge in [-0.2, -0.15) is 0 Å². The van der Waals surface area contributed by atoms with Gasteiger partial charge in [0.2, 0.25) is 0 Å². The first kappa shape index (κ1) is 18.8. The maximum Gasteiger partial charge on any atom is 0.260 e. The molecule has 1 saturated heterocycles. The number of sulfone groups is 1. The average molecular weight is 353 g/mol. The van der Waals surface area contributed by atoms with Gasteiger partial charge in [0.1, 0.15) is 5.75 Å². The molecule has 1 aliphatic rings. The number of likely N-dealkylation sites (tertiary alicyclic amines) is 1. The highest BCUT2D eigenvalue weighted by atomic mass is 32.2. The zero-order valence-corrected chi connectivity index (χ0v) is 15.7. The van der Waals surface area contributed by atoms with Crippen molar-refractivity contribution in [2.24, 2.45) is 5.92 Å². The summed E-state index contributed by atoms with van der Waals surface area (Å²) in [6, 6.07) is 7.69. The van der Waals surface area contributed by atoms with Crippen LogP contribution in [0.25, 0.3) is 0 Å². The largest absolute Gasteiger partial charge is 0.484 e. The van der Waals surface area contributed by atoms with E-state index in [1.807, 2.05) is 38.1 Å². The standard InChI is InChI=1S/C18H27NO4S/c1-13(2)12-24(21,22)17-9-19(10-17)18(20)11-23-16-7-5-15(6-8-16)14(3)4/h5-8,13-14,17H,9-12H2,1-4H3. The molecule has 1 amide bonds. The fraction of sp³-hybridized carbons (Fsp3) is 0.611. The van der Waals surface area contributed by atoms with E-state index < -0.39 is 15.1 Å². The minimum Gasteiger partial charge on any atom is -0.484 e. The zero-order chi connectivity index (χ0) is 17.9. The van der Waals surface area contributed by atoms with E-state index in [2.05, 4.69) is 13.8 Å². The van der Waals surface area contributed by atoms with Crippen LogP contribution in [-0.2, 0) is 14.6 Å². The third-order valence-electron chi connectivity index (χ3n) is 4.18. The first-order valence-electron chi connectivity index (χ1n) is 8.41. The third kappa shape index (κ3) is 4.72. The molecule has 134 valence electrons. The number of carbonyl (C=O) groups excluding carboxylic acids is 1. The highest BCUT2D eigenvalue weighted by Gasteiger charge is 2.39. The lowest BCUT2D eigenvalue weighted by Crippen LogP contribution is -2.58. The second-order valence-corrected chi connectivity index (χ2v) is 9.48. The number of benzene rings is 1. The molecule has 1 aromatic rings. The van der Waals surface area contributed by atoms with Crippen LogP contribution in [-0.4, -0.2) is 49.9 Å². The molecule has 0 bridgehead atoms. The van der Waals surface area contributed by atoms with Crippen molar-refractivity contribution < 1.29 is 17.9 Å². The highest BCUT2D eigenvalue weighted by molar-refractivity contribution is 7.92. The van der Waals surface area contributed by atoms with Crippen LogP contribution in [0.1, 0.15) is 39.2 Å². The number of hydrogen-bond acceptors (Lipinski definition) is 4. The topological polar surface area (TPSA) is 63.7 Å². The molecule has 1 heterocycles. The van der Waals surface area contributed by atoms with Crippen molar-refractivity contribution in [1.82, 2.24) is 4.90 Å². The molecule has 0 saturated carbocycles. The van der Waals surface area contributed by atoms with Gasteiger partial charge in [-0.15, -0.1) is 0 Å². The van der Waals surface area contributed by atoms with Crippen LogP contribution in [0.5, 0.6) is 5.75 Å². The Kier molecular flexibility index (Phi) is 5.91. The maximum absolute atomic E-state index is 12.1. The van der Waals surface area contributed by atoms with Gasteiger partial charge in [-0.25, -0.2) is 8.42 Å². The quantitative estimate of drug-likeness (QED) is 0.755. The summed E-state index contributed by atoms with van der Waals surface area (Å²) >= 11 is 0. The van der Waals surface area contributed by atoms with Gasteiger partial charge in [0.25, 0.3) is 5.91 Å². The van der Waals surface area contributed by atoms with Gasteiger partial charge in [0, 0.05) is 13.1 Å². The van der Waals surface area contributed by atoms with Crippen molar-refractivity contribution in [1.29, 1.82) is 0 Å². The second-order valence-electron chi connectivity index (χ2n) is 7.16. The van der Waals surface area contributed by atoms with E-state index in [0.717, 1.165) is 0 Å². The van der Waals surface area contributed by atoms with Crippen molar-refractivity contribution in [2.75, 3.05) is 25.4 Å². The molecule has 24 heavy (non-hydrogen) atoms. The van der Waals surface area contributed by atoms with Crippen LogP contribution in [0.15, 0.2) is 24.3 Å². The van der Waals surface area contributed by atoms with Gasteiger partial charge >= 0.3 is 0 Å². The molecule has 0 aliphatic carbocycles. The lowest BCUT2D eigenvalue weighted by atomic mass is 10.0. The lowest BCUT2D eigenvalue weighted by molar-refractivity contribution is -0.136. The van der Waals surface area contributed by atoms with E-state index in [-0.39, 0.29) is 37.3 Å². The van der Waals surface area contributed by atoms with Crippen molar-refractivity contribution in [2.45, 2.75) is 38.9 Å². The van der Waals surface area contributed by atoms with Crippen LogP contribution in [0.3, 0.4) is 0 Å². The maximum atomic E-state index is 12.1. The summed E-state index contributed by atoms with van der Waals surface area (Å²) in [5.41, 5.74) is 1.22. The summed E-state index contributed by atoms with van der Waals surface area (Å²) in [4.78, 5) is 13.6. The molecule has 2 rings (SSSR count). The Balaban J connectivity index is 1.79. The van der Waals surface area contributed by atoms with Crippen molar-refractivity contribution in [3.05, 3.63) is 29.8 Å². The van der Waals surface area contributed by atoms with Crippen molar-refractivity contribution >= 4 is 15.7 Å². The Morgan fingerprint density at radius 2 is 1.75 bits per heavy atom. The van der Waals surface area contributed by atoms with E-state index >= 15 is 0 Å². The molecule has 0 radical (unpaired) electrons. The number of amides is 1. The first-order chi connectivity index (χ1) is 11.2. The minimum absolute atomic E-state index is 0.0576. The number of carbonyl (C=O) groups is 1. The summed E-state index contributed by atoms with van der Waals surface area (Å²) in [6.45, 7) is 8.51. The molecule has 1 fully saturated rings. The van der Waals surface area contributed by atoms with E-state index in [1.165, 1.54) is 5.56 Å². The smallest absolute Gasteiger partial charge is 0.260 e. The fourth-order valence-electron chi connectivity index (χ4n) is 2.65. The van der Waals surface area contributed by atoms with Gasteiger partial charge in [-0.05, 0) is 29.5 Å². The lowest BCUT2D eigenvalue weighted by Gasteiger charge is -2.38. The van der Waals surface area contributed by atoms with Gasteiger partial charge in [-0.1, -0.05) is 39.8 Å². The van der Waals surface area contributed by atoms with Crippen LogP contribution in [0.2, 0.25) is 0 Å². The second kappa shape index (κ2) is 7.55. The van der Waals surface area contributed by atoms with Crippen molar-refractivity contribution in [3.8, 4) is 5.75 Å². The van der Waals surface area contributed by atoms with E-state index in [9.17, 15) is 13.2 Å². The number of rotatable bonds is 7. The average Bonchev–Trinajstić information content (AvgIpc) is 2.42. The number of hydrogen-bond donors (Lipinski definition) is 0. The molecule has 0 atom stereocenters. The van der Waals surface area contributed by atoms with E-state index in [4.69, 9.17) is 4.74 Å². The van der Waals surface area contributed by atoms with Gasteiger partial charge < -0.3 is 9.64 Å². The number of ether oxygens (including phenoxy) is 1. The molecule has 1 aromatic carbocycles. The molecule has 0 aromatic heterocycles. The Morgan fingerprint density at radius 3 is 2.25 bits per heavy atom. The summed E-state index contributed by atoms with van der Waals surface area (Å²) in [6.07, 6.45) is 0. The normalized spacial score (nSPS) is 15.7. The molecule has 6 heteroatoms. The van der Waals surface area contributed by atoms with Crippen LogP contribution in [0, 0.1) is 5.92 Å². The molecular formula is C18H27NO4S. The summed E-state index contributed by atoms with van der Waals surface area (Å²) in [5.74, 6) is 1.22. The first-order valence-corrected chi connectivity index (χ1v) is 10.1. The van der Waals surface area contributed by atoms with E-state index in [0.29, 0.717) is 11.7 Å². The zero-order valence-electron chi connectivity index (χ0n) is 14.9. The van der Waals surface area contributed by atoms with Gasteiger partial charge in [0.15, 0.2) is 16.4 Å². The third-order valence-corrected chi connectivity index (χ3v) is 6.63. The Labute approximate surface area is 144 Å². The van der Waals surface area contributed by atoms with Gasteiger partial charge in [0.05, 0.1) is 11.0 Å². The Hall–Kier alpha value is -1.56. The Morgan fingerprint density at radius 1 is 1.17 bits per heavy atom. The minimum atomic E-state index is -3.10. The van der Waals surface area contributed by atoms with Crippen LogP contribution >= 0.6 is 0 Å².